The molecule has 0 unspecified atom stereocenters. The van der Waals surface area contributed by atoms with Gasteiger partial charge in [-0.15, -0.1) is 22.7 Å². The highest BCUT2D eigenvalue weighted by atomic mass is 32.1. The minimum Gasteiger partial charge on any atom is -0.309 e. The Hall–Kier alpha value is -6.00. The molecule has 0 amide bonds. The van der Waals surface area contributed by atoms with Crippen LogP contribution in [-0.4, -0.2) is 0 Å². The van der Waals surface area contributed by atoms with Gasteiger partial charge in [0.15, 0.2) is 0 Å². The number of benzene rings is 8. The summed E-state index contributed by atoms with van der Waals surface area (Å²) in [6.45, 7) is 0. The average molecular weight is 686 g/mol. The fraction of sp³-hybridized carbons (Fsp3) is 0. The van der Waals surface area contributed by atoms with Gasteiger partial charge in [0.05, 0.1) is 10.4 Å². The largest absolute Gasteiger partial charge is 0.309 e. The molecule has 2 aromatic heterocycles. The standard InChI is InChI=1S/C48H31NS2/c1-4-12-32(13-5-1)34-20-23-37(24-21-34)49(38-25-27-41-40-26-22-36(33-14-6-2-7-15-33)30-45(40)50-46(41)31-38)43-29-28-39(35-16-8-3-9-17-35)47-42-18-10-11-19-44(42)51-48(43)47/h1-31H. The van der Waals surface area contributed by atoms with Crippen molar-refractivity contribution in [2.45, 2.75) is 0 Å². The number of hydrogen-bond acceptors (Lipinski definition) is 3. The Bertz CT molecular complexity index is 2830. The van der Waals surface area contributed by atoms with Gasteiger partial charge < -0.3 is 4.90 Å². The maximum absolute atomic E-state index is 2.46. The molecule has 0 aliphatic heterocycles. The van der Waals surface area contributed by atoms with Gasteiger partial charge in [-0.2, -0.15) is 0 Å². The predicted octanol–water partition coefficient (Wildman–Crippen LogP) is 14.9. The Morgan fingerprint density at radius 2 is 0.882 bits per heavy atom. The lowest BCUT2D eigenvalue weighted by Crippen LogP contribution is -2.10. The Balaban J connectivity index is 1.19. The van der Waals surface area contributed by atoms with Gasteiger partial charge in [0.1, 0.15) is 0 Å². The van der Waals surface area contributed by atoms with Crippen LogP contribution < -0.4 is 4.90 Å². The van der Waals surface area contributed by atoms with E-state index in [2.05, 4.69) is 193 Å². The van der Waals surface area contributed by atoms with Crippen molar-refractivity contribution in [3.05, 3.63) is 188 Å². The van der Waals surface area contributed by atoms with Crippen LogP contribution in [0.25, 0.3) is 73.7 Å². The molecule has 0 N–H and O–H groups in total. The van der Waals surface area contributed by atoms with Crippen molar-refractivity contribution < 1.29 is 0 Å². The van der Waals surface area contributed by atoms with Crippen molar-refractivity contribution >= 4 is 80.1 Å². The van der Waals surface area contributed by atoms with Crippen LogP contribution in [0.4, 0.5) is 17.1 Å². The SMILES string of the molecule is c1ccc(-c2ccc(N(c3ccc4c(c3)sc3cc(-c5ccccc5)ccc34)c3ccc(-c4ccccc4)c4c3sc3ccccc34)cc2)cc1. The number of nitrogens with zero attached hydrogens (tertiary/aromatic N) is 1. The lowest BCUT2D eigenvalue weighted by atomic mass is 9.98. The Labute approximate surface area is 304 Å². The summed E-state index contributed by atoms with van der Waals surface area (Å²) in [7, 11) is 0. The van der Waals surface area contributed by atoms with Gasteiger partial charge in [-0.05, 0) is 75.8 Å². The van der Waals surface area contributed by atoms with Crippen molar-refractivity contribution in [1.29, 1.82) is 0 Å². The van der Waals surface area contributed by atoms with Crippen molar-refractivity contribution in [2.75, 3.05) is 4.90 Å². The van der Waals surface area contributed by atoms with Crippen LogP contribution in [0, 0.1) is 0 Å². The third-order valence-corrected chi connectivity index (χ3v) is 12.2. The monoisotopic (exact) mass is 685 g/mol. The van der Waals surface area contributed by atoms with Gasteiger partial charge in [-0.3, -0.25) is 0 Å². The molecule has 2 heterocycles. The van der Waals surface area contributed by atoms with Gasteiger partial charge in [-0.25, -0.2) is 0 Å². The molecule has 0 bridgehead atoms. The lowest BCUT2D eigenvalue weighted by Gasteiger charge is -2.27. The number of thiophene rings is 2. The van der Waals surface area contributed by atoms with Gasteiger partial charge in [-0.1, -0.05) is 146 Å². The summed E-state index contributed by atoms with van der Waals surface area (Å²) < 4.78 is 5.17. The Kier molecular flexibility index (Phi) is 7.26. The topological polar surface area (TPSA) is 3.24 Å². The number of fused-ring (bicyclic) bond motifs is 6. The van der Waals surface area contributed by atoms with E-state index >= 15 is 0 Å². The molecule has 3 heteroatoms. The Morgan fingerprint density at radius 1 is 0.333 bits per heavy atom. The highest BCUT2D eigenvalue weighted by Gasteiger charge is 2.21. The molecule has 0 aliphatic rings. The van der Waals surface area contributed by atoms with Crippen LogP contribution in [0.1, 0.15) is 0 Å². The normalized spacial score (nSPS) is 11.5. The first-order chi connectivity index (χ1) is 25.3. The Morgan fingerprint density at radius 3 is 1.61 bits per heavy atom. The van der Waals surface area contributed by atoms with E-state index in [1.165, 1.54) is 79.4 Å². The van der Waals surface area contributed by atoms with Gasteiger partial charge in [0.25, 0.3) is 0 Å². The minimum absolute atomic E-state index is 1.13. The molecule has 0 spiro atoms. The molecule has 0 saturated heterocycles. The molecule has 0 fully saturated rings. The second-order valence-electron chi connectivity index (χ2n) is 12.9. The third-order valence-electron chi connectivity index (χ3n) is 9.89. The van der Waals surface area contributed by atoms with Crippen LogP contribution in [0.3, 0.4) is 0 Å². The molecular formula is C48H31NS2. The molecule has 8 aromatic carbocycles. The van der Waals surface area contributed by atoms with E-state index in [0.717, 1.165) is 11.4 Å². The summed E-state index contributed by atoms with van der Waals surface area (Å²) in [6.07, 6.45) is 0. The molecule has 0 atom stereocenters. The van der Waals surface area contributed by atoms with Crippen LogP contribution in [0.5, 0.6) is 0 Å². The minimum atomic E-state index is 1.13. The van der Waals surface area contributed by atoms with E-state index < -0.39 is 0 Å². The molecule has 0 aliphatic carbocycles. The maximum Gasteiger partial charge on any atom is 0.0640 e. The van der Waals surface area contributed by atoms with Crippen molar-refractivity contribution in [1.82, 2.24) is 0 Å². The van der Waals surface area contributed by atoms with Crippen molar-refractivity contribution in [2.24, 2.45) is 0 Å². The molecule has 0 radical (unpaired) electrons. The van der Waals surface area contributed by atoms with Crippen molar-refractivity contribution in [3.8, 4) is 33.4 Å². The first kappa shape index (κ1) is 29.9. The molecular weight excluding hydrogens is 655 g/mol. The predicted molar refractivity (Wildman–Crippen MR) is 223 cm³/mol. The summed E-state index contributed by atoms with van der Waals surface area (Å²) in [5.41, 5.74) is 10.9. The van der Waals surface area contributed by atoms with E-state index in [-0.39, 0.29) is 0 Å². The summed E-state index contributed by atoms with van der Waals surface area (Å²) in [5, 5.41) is 5.21. The van der Waals surface area contributed by atoms with Gasteiger partial charge in [0, 0.05) is 47.0 Å². The summed E-state index contributed by atoms with van der Waals surface area (Å²) in [6, 6.07) is 68.5. The van der Waals surface area contributed by atoms with E-state index in [9.17, 15) is 0 Å². The number of anilines is 3. The molecule has 51 heavy (non-hydrogen) atoms. The first-order valence-corrected chi connectivity index (χ1v) is 18.9. The molecule has 1 nitrogen and oxygen atoms in total. The second kappa shape index (κ2) is 12.4. The van der Waals surface area contributed by atoms with Crippen LogP contribution in [0.15, 0.2) is 188 Å². The highest BCUT2D eigenvalue weighted by Crippen LogP contribution is 2.49. The molecule has 10 aromatic rings. The summed E-state index contributed by atoms with van der Waals surface area (Å²) >= 11 is 3.76. The first-order valence-electron chi connectivity index (χ1n) is 17.3. The zero-order valence-electron chi connectivity index (χ0n) is 27.7. The number of hydrogen-bond donors (Lipinski definition) is 0. The quantitative estimate of drug-likeness (QED) is 0.168. The zero-order chi connectivity index (χ0) is 33.7. The highest BCUT2D eigenvalue weighted by molar-refractivity contribution is 7.26. The van der Waals surface area contributed by atoms with Crippen LogP contribution in [0.2, 0.25) is 0 Å². The lowest BCUT2D eigenvalue weighted by molar-refractivity contribution is 1.31. The smallest absolute Gasteiger partial charge is 0.0640 e. The third kappa shape index (κ3) is 5.21. The fourth-order valence-corrected chi connectivity index (χ4v) is 9.84. The maximum atomic E-state index is 2.46. The van der Waals surface area contributed by atoms with E-state index in [1.54, 1.807) is 0 Å². The van der Waals surface area contributed by atoms with E-state index in [1.807, 2.05) is 22.7 Å². The summed E-state index contributed by atoms with van der Waals surface area (Å²) in [5.74, 6) is 0. The van der Waals surface area contributed by atoms with Crippen LogP contribution >= 0.6 is 22.7 Å². The van der Waals surface area contributed by atoms with E-state index in [4.69, 9.17) is 0 Å². The number of rotatable bonds is 6. The van der Waals surface area contributed by atoms with Crippen molar-refractivity contribution in [3.63, 3.8) is 0 Å². The second-order valence-corrected chi connectivity index (χ2v) is 15.0. The zero-order valence-corrected chi connectivity index (χ0v) is 29.3. The van der Waals surface area contributed by atoms with E-state index in [0.29, 0.717) is 0 Å². The van der Waals surface area contributed by atoms with Crippen LogP contribution in [-0.2, 0) is 0 Å². The summed E-state index contributed by atoms with van der Waals surface area (Å²) in [4.78, 5) is 2.46. The van der Waals surface area contributed by atoms with Gasteiger partial charge in [0.2, 0.25) is 0 Å². The molecule has 10 rings (SSSR count). The molecule has 0 saturated carbocycles. The average Bonchev–Trinajstić information content (AvgIpc) is 3.78. The van der Waals surface area contributed by atoms with Gasteiger partial charge >= 0.3 is 0 Å². The molecule has 240 valence electrons. The fourth-order valence-electron chi connectivity index (χ4n) is 7.42.